The Balaban J connectivity index is 1.64. The molecule has 1 atom stereocenters. The molecule has 1 aliphatic heterocycles. The lowest BCUT2D eigenvalue weighted by Gasteiger charge is -2.33. The molecule has 2 aromatic carbocycles. The Morgan fingerprint density at radius 1 is 1.22 bits per heavy atom. The Bertz CT molecular complexity index is 1100. The topological polar surface area (TPSA) is 70.6 Å². The predicted molar refractivity (Wildman–Crippen MR) is 105 cm³/mol. The molecular formula is C22H19F5N2O3. The zero-order valence-electron chi connectivity index (χ0n) is 16.7. The number of alkyl halides is 3. The van der Waals surface area contributed by atoms with Crippen molar-refractivity contribution < 1.29 is 36.7 Å². The molecule has 2 aromatic rings. The van der Waals surface area contributed by atoms with Gasteiger partial charge in [0.1, 0.15) is 6.61 Å². The molecule has 0 aromatic heterocycles. The number of benzene rings is 2. The maximum absolute atomic E-state index is 14.3. The average Bonchev–Trinajstić information content (AvgIpc) is 3.50. The van der Waals surface area contributed by atoms with E-state index < -0.39 is 41.2 Å². The fourth-order valence-corrected chi connectivity index (χ4v) is 3.96. The van der Waals surface area contributed by atoms with Gasteiger partial charge in [0.15, 0.2) is 11.6 Å². The maximum atomic E-state index is 14.3. The summed E-state index contributed by atoms with van der Waals surface area (Å²) >= 11 is 0. The fraction of sp³-hybridized carbons (Fsp3) is 0.318. The predicted octanol–water partition coefficient (Wildman–Crippen LogP) is 4.32. The molecular weight excluding hydrogens is 435 g/mol. The second-order valence-corrected chi connectivity index (χ2v) is 8.11. The van der Waals surface area contributed by atoms with Gasteiger partial charge in [-0.15, -0.1) is 0 Å². The van der Waals surface area contributed by atoms with E-state index in [1.807, 2.05) is 0 Å². The molecule has 170 valence electrons. The Hall–Kier alpha value is -2.98. The number of nitrogens with one attached hydrogen (secondary N) is 2. The SMILES string of the molecule is C=C1NOCc2ccc(NC(=O)C(O)(CC3(c4cccc(F)c4F)CC3)C(F)(F)F)cc21. The van der Waals surface area contributed by atoms with E-state index in [0.717, 1.165) is 6.07 Å². The van der Waals surface area contributed by atoms with Crippen molar-refractivity contribution in [2.24, 2.45) is 0 Å². The number of anilines is 1. The number of hydroxylamine groups is 1. The molecule has 0 spiro atoms. The summed E-state index contributed by atoms with van der Waals surface area (Å²) < 4.78 is 69.7. The molecule has 10 heteroatoms. The van der Waals surface area contributed by atoms with E-state index in [4.69, 9.17) is 4.84 Å². The Morgan fingerprint density at radius 2 is 1.94 bits per heavy atom. The number of aliphatic hydroxyl groups is 1. The highest BCUT2D eigenvalue weighted by atomic mass is 19.4. The summed E-state index contributed by atoms with van der Waals surface area (Å²) in [5, 5.41) is 12.7. The minimum Gasteiger partial charge on any atom is -0.373 e. The molecule has 3 N–H and O–H groups in total. The van der Waals surface area contributed by atoms with Crippen molar-refractivity contribution in [2.45, 2.75) is 43.1 Å². The molecule has 0 bridgehead atoms. The van der Waals surface area contributed by atoms with Gasteiger partial charge < -0.3 is 10.4 Å². The van der Waals surface area contributed by atoms with E-state index in [2.05, 4.69) is 17.4 Å². The summed E-state index contributed by atoms with van der Waals surface area (Å²) in [6.45, 7) is 3.92. The number of halogens is 5. The number of fused-ring (bicyclic) bond motifs is 1. The van der Waals surface area contributed by atoms with Gasteiger partial charge in [0.2, 0.25) is 5.60 Å². The first-order chi connectivity index (χ1) is 15.0. The quantitative estimate of drug-likeness (QED) is 0.589. The van der Waals surface area contributed by atoms with Gasteiger partial charge >= 0.3 is 6.18 Å². The van der Waals surface area contributed by atoms with Gasteiger partial charge in [-0.25, -0.2) is 8.78 Å². The molecule has 1 heterocycles. The molecule has 1 saturated carbocycles. The van der Waals surface area contributed by atoms with Crippen LogP contribution in [0.25, 0.3) is 5.70 Å². The first-order valence-corrected chi connectivity index (χ1v) is 9.72. The van der Waals surface area contributed by atoms with Crippen LogP contribution in [0.2, 0.25) is 0 Å². The van der Waals surface area contributed by atoms with Crippen LogP contribution >= 0.6 is 0 Å². The zero-order valence-corrected chi connectivity index (χ0v) is 16.7. The molecule has 2 aliphatic rings. The van der Waals surface area contributed by atoms with E-state index in [9.17, 15) is 31.9 Å². The normalized spacial score (nSPS) is 18.9. The number of carbonyl (C=O) groups excluding carboxylic acids is 1. The van der Waals surface area contributed by atoms with Crippen molar-refractivity contribution in [3.05, 3.63) is 71.3 Å². The minimum absolute atomic E-state index is 0.00283. The number of carbonyl (C=O) groups is 1. The number of amides is 1. The lowest BCUT2D eigenvalue weighted by molar-refractivity contribution is -0.253. The Labute approximate surface area is 179 Å². The maximum Gasteiger partial charge on any atom is 0.426 e. The van der Waals surface area contributed by atoms with Crippen molar-refractivity contribution in [2.75, 3.05) is 5.32 Å². The largest absolute Gasteiger partial charge is 0.426 e. The summed E-state index contributed by atoms with van der Waals surface area (Å²) in [5.74, 6) is -4.20. The van der Waals surface area contributed by atoms with Crippen molar-refractivity contribution in [1.82, 2.24) is 5.48 Å². The van der Waals surface area contributed by atoms with E-state index in [-0.39, 0.29) is 30.7 Å². The van der Waals surface area contributed by atoms with Gasteiger partial charge in [0.25, 0.3) is 5.91 Å². The zero-order chi connectivity index (χ0) is 23.3. The monoisotopic (exact) mass is 454 g/mol. The van der Waals surface area contributed by atoms with Crippen molar-refractivity contribution >= 4 is 17.3 Å². The van der Waals surface area contributed by atoms with E-state index in [1.54, 1.807) is 6.07 Å². The van der Waals surface area contributed by atoms with Gasteiger partial charge in [0.05, 0.1) is 5.70 Å². The minimum atomic E-state index is -5.36. The summed E-state index contributed by atoms with van der Waals surface area (Å²) in [5.41, 5.74) is -1.48. The third kappa shape index (κ3) is 3.73. The molecule has 1 fully saturated rings. The van der Waals surface area contributed by atoms with Gasteiger partial charge in [-0.05, 0) is 42.2 Å². The number of hydrogen-bond donors (Lipinski definition) is 3. The lowest BCUT2D eigenvalue weighted by Crippen LogP contribution is -2.56. The standard InChI is InChI=1S/C22H19F5N2O3/c1-12-15-9-14(6-5-13(15)10-32-29-12)28-19(30)21(31,22(25,26)27)11-20(7-8-20)16-3-2-4-17(23)18(16)24/h2-6,9,29,31H,1,7-8,10-11H2,(H,28,30). The van der Waals surface area contributed by atoms with E-state index >= 15 is 0 Å². The molecule has 0 radical (unpaired) electrons. The highest BCUT2D eigenvalue weighted by Gasteiger charge is 2.65. The van der Waals surface area contributed by atoms with Crippen LogP contribution in [0, 0.1) is 11.6 Å². The summed E-state index contributed by atoms with van der Waals surface area (Å²) in [6.07, 6.45) is -6.35. The lowest BCUT2D eigenvalue weighted by atomic mass is 9.81. The first-order valence-electron chi connectivity index (χ1n) is 9.72. The van der Waals surface area contributed by atoms with Gasteiger partial charge in [-0.2, -0.15) is 13.2 Å². The van der Waals surface area contributed by atoms with Crippen LogP contribution in [-0.2, 0) is 21.7 Å². The van der Waals surface area contributed by atoms with E-state index in [1.165, 1.54) is 24.3 Å². The molecule has 1 aliphatic carbocycles. The van der Waals surface area contributed by atoms with Crippen LogP contribution in [0.1, 0.15) is 36.0 Å². The Morgan fingerprint density at radius 3 is 2.59 bits per heavy atom. The molecule has 0 saturated heterocycles. The summed E-state index contributed by atoms with van der Waals surface area (Å²) in [6, 6.07) is 7.52. The molecule has 5 nitrogen and oxygen atoms in total. The number of rotatable bonds is 5. The molecule has 1 amide bonds. The van der Waals surface area contributed by atoms with Gasteiger partial charge in [-0.1, -0.05) is 24.8 Å². The van der Waals surface area contributed by atoms with Gasteiger partial charge in [0, 0.05) is 23.1 Å². The summed E-state index contributed by atoms with van der Waals surface area (Å²) in [4.78, 5) is 17.8. The van der Waals surface area contributed by atoms with Crippen LogP contribution < -0.4 is 10.8 Å². The highest BCUT2D eigenvalue weighted by Crippen LogP contribution is 2.56. The third-order valence-electron chi connectivity index (χ3n) is 5.93. The average molecular weight is 454 g/mol. The van der Waals surface area contributed by atoms with Crippen LogP contribution in [-0.4, -0.2) is 22.8 Å². The van der Waals surface area contributed by atoms with Crippen LogP contribution in [0.15, 0.2) is 43.0 Å². The second-order valence-electron chi connectivity index (χ2n) is 8.11. The fourth-order valence-electron chi connectivity index (χ4n) is 3.96. The molecule has 1 unspecified atom stereocenters. The van der Waals surface area contributed by atoms with Crippen LogP contribution in [0.5, 0.6) is 0 Å². The molecule has 4 rings (SSSR count). The highest BCUT2D eigenvalue weighted by molar-refractivity contribution is 5.98. The second kappa shape index (κ2) is 7.56. The molecule has 32 heavy (non-hydrogen) atoms. The third-order valence-corrected chi connectivity index (χ3v) is 5.93. The van der Waals surface area contributed by atoms with Crippen molar-refractivity contribution in [3.63, 3.8) is 0 Å². The van der Waals surface area contributed by atoms with E-state index in [0.29, 0.717) is 16.8 Å². The smallest absolute Gasteiger partial charge is 0.373 e. The van der Waals surface area contributed by atoms with Gasteiger partial charge in [-0.3, -0.25) is 15.1 Å². The Kier molecular flexibility index (Phi) is 5.25. The number of hydrogen-bond acceptors (Lipinski definition) is 4. The van der Waals surface area contributed by atoms with Crippen LogP contribution in [0.4, 0.5) is 27.6 Å². The summed E-state index contributed by atoms with van der Waals surface area (Å²) in [7, 11) is 0. The first kappa shape index (κ1) is 22.2. The van der Waals surface area contributed by atoms with Crippen molar-refractivity contribution in [1.29, 1.82) is 0 Å². The van der Waals surface area contributed by atoms with Crippen molar-refractivity contribution in [3.8, 4) is 0 Å². The van der Waals surface area contributed by atoms with Crippen LogP contribution in [0.3, 0.4) is 0 Å².